The van der Waals surface area contributed by atoms with Gasteiger partial charge in [-0.3, -0.25) is 4.79 Å². The first-order valence-corrected chi connectivity index (χ1v) is 14.4. The summed E-state index contributed by atoms with van der Waals surface area (Å²) >= 11 is 1.84. The van der Waals surface area contributed by atoms with E-state index in [0.717, 1.165) is 49.4 Å². The van der Waals surface area contributed by atoms with E-state index in [4.69, 9.17) is 9.47 Å². The minimum absolute atomic E-state index is 0.140. The van der Waals surface area contributed by atoms with Crippen LogP contribution in [0.3, 0.4) is 0 Å². The maximum absolute atomic E-state index is 12.4. The molecule has 0 aliphatic carbocycles. The van der Waals surface area contributed by atoms with Crippen molar-refractivity contribution < 1.29 is 23.8 Å². The van der Waals surface area contributed by atoms with Crippen molar-refractivity contribution >= 4 is 23.8 Å². The number of fused-ring (bicyclic) bond motifs is 1. The van der Waals surface area contributed by atoms with Crippen molar-refractivity contribution in [2.75, 3.05) is 26.0 Å². The van der Waals surface area contributed by atoms with Gasteiger partial charge < -0.3 is 19.1 Å². The fraction of sp³-hybridized carbons (Fsp3) is 0.533. The molecule has 1 spiro atoms. The molecule has 0 bridgehead atoms. The van der Waals surface area contributed by atoms with E-state index in [0.29, 0.717) is 19.5 Å². The summed E-state index contributed by atoms with van der Waals surface area (Å²) in [5, 5.41) is 0. The van der Waals surface area contributed by atoms with Crippen LogP contribution in [0, 0.1) is 0 Å². The Bertz CT molecular complexity index is 1080. The molecular formula is C30H39NO5S. The number of benzene rings is 2. The molecule has 200 valence electrons. The Morgan fingerprint density at radius 2 is 1.73 bits per heavy atom. The summed E-state index contributed by atoms with van der Waals surface area (Å²) in [6.07, 6.45) is 4.71. The number of esters is 1. The number of methoxy groups -OCH3 is 1. The molecule has 2 heterocycles. The fourth-order valence-electron chi connectivity index (χ4n) is 4.88. The lowest BCUT2D eigenvalue weighted by molar-refractivity contribution is -0.140. The number of piperidine rings is 1. The van der Waals surface area contributed by atoms with E-state index in [1.165, 1.54) is 29.4 Å². The third-order valence-corrected chi connectivity index (χ3v) is 8.13. The second kappa shape index (κ2) is 11.8. The Hall–Kier alpha value is -2.67. The van der Waals surface area contributed by atoms with Crippen molar-refractivity contribution in [2.45, 2.75) is 76.3 Å². The van der Waals surface area contributed by atoms with Gasteiger partial charge in [0.2, 0.25) is 0 Å². The molecular weight excluding hydrogens is 486 g/mol. The van der Waals surface area contributed by atoms with Crippen molar-refractivity contribution in [2.24, 2.45) is 0 Å². The largest absolute Gasteiger partial charge is 0.487 e. The molecule has 0 aromatic heterocycles. The van der Waals surface area contributed by atoms with Crippen LogP contribution >= 0.6 is 11.8 Å². The highest BCUT2D eigenvalue weighted by atomic mass is 32.2. The summed E-state index contributed by atoms with van der Waals surface area (Å²) in [6, 6.07) is 15.3. The van der Waals surface area contributed by atoms with Crippen molar-refractivity contribution in [1.82, 2.24) is 4.90 Å². The Morgan fingerprint density at radius 1 is 1.03 bits per heavy atom. The number of aryl methyl sites for hydroxylation is 1. The van der Waals surface area contributed by atoms with Gasteiger partial charge in [-0.1, -0.05) is 30.3 Å². The number of nitrogens with zero attached hydrogens (tertiary/aromatic N) is 1. The first-order valence-electron chi connectivity index (χ1n) is 13.2. The third kappa shape index (κ3) is 7.44. The minimum Gasteiger partial charge on any atom is -0.487 e. The van der Waals surface area contributed by atoms with Crippen LogP contribution in [-0.4, -0.2) is 54.1 Å². The zero-order chi connectivity index (χ0) is 26.5. The van der Waals surface area contributed by atoms with Gasteiger partial charge in [-0.25, -0.2) is 4.79 Å². The van der Waals surface area contributed by atoms with Crippen LogP contribution in [0.2, 0.25) is 0 Å². The molecule has 2 aromatic rings. The van der Waals surface area contributed by atoms with E-state index in [1.807, 2.05) is 37.4 Å². The van der Waals surface area contributed by atoms with Gasteiger partial charge in [-0.2, -0.15) is 11.8 Å². The normalized spacial score (nSPS) is 16.6. The number of likely N-dealkylation sites (tertiary alicyclic amines) is 1. The van der Waals surface area contributed by atoms with E-state index in [-0.39, 0.29) is 17.7 Å². The molecule has 1 amide bonds. The molecule has 4 rings (SSSR count). The molecule has 0 N–H and O–H groups in total. The van der Waals surface area contributed by atoms with Crippen LogP contribution in [0.25, 0.3) is 11.1 Å². The van der Waals surface area contributed by atoms with Gasteiger partial charge in [-0.05, 0) is 80.2 Å². The van der Waals surface area contributed by atoms with Crippen LogP contribution in [0.1, 0.15) is 64.0 Å². The van der Waals surface area contributed by atoms with Crippen molar-refractivity contribution in [3.8, 4) is 16.9 Å². The van der Waals surface area contributed by atoms with E-state index in [9.17, 15) is 9.59 Å². The van der Waals surface area contributed by atoms with Crippen LogP contribution < -0.4 is 4.74 Å². The summed E-state index contributed by atoms with van der Waals surface area (Å²) in [4.78, 5) is 25.4. The number of ether oxygens (including phenoxy) is 3. The van der Waals surface area contributed by atoms with Crippen molar-refractivity contribution in [3.05, 3.63) is 53.6 Å². The Kier molecular flexibility index (Phi) is 8.73. The van der Waals surface area contributed by atoms with Gasteiger partial charge in [-0.15, -0.1) is 0 Å². The molecule has 37 heavy (non-hydrogen) atoms. The van der Waals surface area contributed by atoms with Gasteiger partial charge in [0.25, 0.3) is 0 Å². The summed E-state index contributed by atoms with van der Waals surface area (Å²) in [7, 11) is 1.43. The lowest BCUT2D eigenvalue weighted by Crippen LogP contribution is -2.52. The highest BCUT2D eigenvalue weighted by molar-refractivity contribution is 7.98. The maximum atomic E-state index is 12.4. The average molecular weight is 526 g/mol. The molecule has 7 heteroatoms. The smallest absolute Gasteiger partial charge is 0.410 e. The molecule has 2 aliphatic heterocycles. The molecule has 2 aliphatic rings. The van der Waals surface area contributed by atoms with Gasteiger partial charge >= 0.3 is 12.1 Å². The quantitative estimate of drug-likeness (QED) is 0.298. The molecule has 0 unspecified atom stereocenters. The number of hydrogen-bond donors (Lipinski definition) is 0. The monoisotopic (exact) mass is 525 g/mol. The zero-order valence-corrected chi connectivity index (χ0v) is 23.3. The lowest BCUT2D eigenvalue weighted by atomic mass is 9.82. The van der Waals surface area contributed by atoms with Crippen molar-refractivity contribution in [1.29, 1.82) is 0 Å². The van der Waals surface area contributed by atoms with Gasteiger partial charge in [0.15, 0.2) is 0 Å². The average Bonchev–Trinajstić information content (AvgIpc) is 2.88. The van der Waals surface area contributed by atoms with E-state index in [2.05, 4.69) is 47.2 Å². The SMILES string of the molecule is COC(=O)CCCSCc1ccc(-c2ccc3c(c2)CCC2(CCN(C(=O)OC(C)(C)C)CC2)O3)cc1. The Morgan fingerprint density at radius 3 is 2.41 bits per heavy atom. The number of amides is 1. The molecule has 2 aromatic carbocycles. The lowest BCUT2D eigenvalue weighted by Gasteiger charge is -2.44. The Balaban J connectivity index is 1.30. The number of carbonyl (C=O) groups is 2. The fourth-order valence-corrected chi connectivity index (χ4v) is 5.80. The third-order valence-electron chi connectivity index (χ3n) is 7.02. The van der Waals surface area contributed by atoms with Gasteiger partial charge in [0.1, 0.15) is 17.0 Å². The van der Waals surface area contributed by atoms with Gasteiger partial charge in [0.05, 0.1) is 7.11 Å². The highest BCUT2D eigenvalue weighted by Gasteiger charge is 2.41. The predicted octanol–water partition coefficient (Wildman–Crippen LogP) is 6.63. The summed E-state index contributed by atoms with van der Waals surface area (Å²) in [5.41, 5.74) is 4.28. The standard InChI is InChI=1S/C30H39NO5S/c1-29(2,3)36-28(33)31-17-15-30(16-18-31)14-13-25-20-24(11-12-26(25)35-30)23-9-7-22(8-10-23)21-37-19-5-6-27(32)34-4/h7-12,20H,5-6,13-19,21H2,1-4H3. The number of carbonyl (C=O) groups excluding carboxylic acids is 2. The molecule has 0 radical (unpaired) electrons. The summed E-state index contributed by atoms with van der Waals surface area (Å²) < 4.78 is 16.8. The molecule has 1 fully saturated rings. The van der Waals surface area contributed by atoms with Crippen molar-refractivity contribution in [3.63, 3.8) is 0 Å². The van der Waals surface area contributed by atoms with E-state index < -0.39 is 5.60 Å². The maximum Gasteiger partial charge on any atom is 0.410 e. The first-order chi connectivity index (χ1) is 17.7. The summed E-state index contributed by atoms with van der Waals surface area (Å²) in [5.74, 6) is 2.72. The second-order valence-corrected chi connectivity index (χ2v) is 12.1. The van der Waals surface area contributed by atoms with E-state index >= 15 is 0 Å². The number of rotatable bonds is 7. The molecule has 6 nitrogen and oxygen atoms in total. The highest BCUT2D eigenvalue weighted by Crippen LogP contribution is 2.41. The zero-order valence-electron chi connectivity index (χ0n) is 22.5. The van der Waals surface area contributed by atoms with E-state index in [1.54, 1.807) is 0 Å². The molecule has 0 atom stereocenters. The van der Waals surface area contributed by atoms with Crippen LogP contribution in [0.4, 0.5) is 4.79 Å². The molecule has 0 saturated carbocycles. The first kappa shape index (κ1) is 27.4. The predicted molar refractivity (Wildman–Crippen MR) is 148 cm³/mol. The van der Waals surface area contributed by atoms with Crippen LogP contribution in [0.5, 0.6) is 5.75 Å². The topological polar surface area (TPSA) is 65.1 Å². The number of thioether (sulfide) groups is 1. The molecule has 1 saturated heterocycles. The Labute approximate surface area is 225 Å². The number of hydrogen-bond acceptors (Lipinski definition) is 6. The van der Waals surface area contributed by atoms with Gasteiger partial charge in [0, 0.05) is 38.1 Å². The van der Waals surface area contributed by atoms with Crippen LogP contribution in [-0.2, 0) is 26.4 Å². The summed E-state index contributed by atoms with van der Waals surface area (Å²) in [6.45, 7) is 7.03. The minimum atomic E-state index is -0.476. The second-order valence-electron chi connectivity index (χ2n) is 11.0. The van der Waals surface area contributed by atoms with Crippen LogP contribution in [0.15, 0.2) is 42.5 Å².